The zero-order chi connectivity index (χ0) is 15.1. The molecule has 2 heterocycles. The third-order valence-corrected chi connectivity index (χ3v) is 4.18. The van der Waals surface area contributed by atoms with Gasteiger partial charge in [-0.15, -0.1) is 0 Å². The van der Waals surface area contributed by atoms with Crippen LogP contribution in [0.5, 0.6) is 0 Å². The number of carboxylic acids is 1. The zero-order valence-corrected chi connectivity index (χ0v) is 12.1. The maximum absolute atomic E-state index is 14.4. The van der Waals surface area contributed by atoms with E-state index in [2.05, 4.69) is 9.88 Å². The van der Waals surface area contributed by atoms with E-state index in [1.165, 1.54) is 6.07 Å². The van der Waals surface area contributed by atoms with Gasteiger partial charge in [0.1, 0.15) is 11.5 Å². The van der Waals surface area contributed by atoms with Gasteiger partial charge in [-0.2, -0.15) is 0 Å². The summed E-state index contributed by atoms with van der Waals surface area (Å²) in [6.07, 6.45) is 0. The van der Waals surface area contributed by atoms with Gasteiger partial charge in [-0.3, -0.25) is 0 Å². The Morgan fingerprint density at radius 3 is 2.57 bits per heavy atom. The summed E-state index contributed by atoms with van der Waals surface area (Å²) in [4.78, 5) is 18.2. The summed E-state index contributed by atoms with van der Waals surface area (Å²) < 4.78 is 14.4. The van der Waals surface area contributed by atoms with Crippen LogP contribution in [-0.2, 0) is 0 Å². The van der Waals surface area contributed by atoms with Gasteiger partial charge in [-0.25, -0.2) is 9.18 Å². The summed E-state index contributed by atoms with van der Waals surface area (Å²) >= 11 is 0. The number of anilines is 1. The van der Waals surface area contributed by atoms with Crippen LogP contribution in [0.4, 0.5) is 10.1 Å². The minimum Gasteiger partial charge on any atom is -0.477 e. The second kappa shape index (κ2) is 5.04. The average Bonchev–Trinajstić information content (AvgIpc) is 2.76. The molecule has 0 bridgehead atoms. The maximum Gasteiger partial charge on any atom is 0.352 e. The molecule has 0 saturated carbocycles. The fraction of sp³-hybridized carbons (Fsp3) is 0.400. The highest BCUT2D eigenvalue weighted by atomic mass is 19.1. The Hall–Kier alpha value is -2.08. The number of benzene rings is 1. The molecule has 0 aliphatic carbocycles. The van der Waals surface area contributed by atoms with Gasteiger partial charge < -0.3 is 19.9 Å². The van der Waals surface area contributed by atoms with Crippen molar-refractivity contribution in [1.82, 2.24) is 9.88 Å². The molecule has 0 unspecified atom stereocenters. The predicted octanol–water partition coefficient (Wildman–Crippen LogP) is 2.07. The summed E-state index contributed by atoms with van der Waals surface area (Å²) in [6, 6.07) is 3.15. The lowest BCUT2D eigenvalue weighted by molar-refractivity contribution is 0.0691. The zero-order valence-electron chi connectivity index (χ0n) is 12.1. The van der Waals surface area contributed by atoms with Gasteiger partial charge in [0.25, 0.3) is 0 Å². The molecule has 112 valence electrons. The molecule has 1 aliphatic rings. The monoisotopic (exact) mass is 291 g/mol. The van der Waals surface area contributed by atoms with E-state index in [9.17, 15) is 9.18 Å². The first-order valence-electron chi connectivity index (χ1n) is 6.96. The highest BCUT2D eigenvalue weighted by Crippen LogP contribution is 2.29. The Morgan fingerprint density at radius 1 is 1.29 bits per heavy atom. The maximum atomic E-state index is 14.4. The number of hydrogen-bond donors (Lipinski definition) is 2. The summed E-state index contributed by atoms with van der Waals surface area (Å²) in [5.41, 5.74) is 1.90. The lowest BCUT2D eigenvalue weighted by Gasteiger charge is -2.34. The second-order valence-electron chi connectivity index (χ2n) is 5.57. The summed E-state index contributed by atoms with van der Waals surface area (Å²) in [5.74, 6) is -1.32. The van der Waals surface area contributed by atoms with Crippen LogP contribution in [-0.4, -0.2) is 54.2 Å². The number of fused-ring (bicyclic) bond motifs is 1. The van der Waals surface area contributed by atoms with E-state index in [1.54, 1.807) is 13.0 Å². The Kier molecular flexibility index (Phi) is 3.33. The smallest absolute Gasteiger partial charge is 0.352 e. The highest BCUT2D eigenvalue weighted by molar-refractivity contribution is 5.98. The normalized spacial score (nSPS) is 16.6. The van der Waals surface area contributed by atoms with Gasteiger partial charge >= 0.3 is 5.97 Å². The fourth-order valence-electron chi connectivity index (χ4n) is 2.84. The van der Waals surface area contributed by atoms with Crippen molar-refractivity contribution in [2.45, 2.75) is 6.92 Å². The Labute approximate surface area is 122 Å². The molecule has 1 aliphatic heterocycles. The van der Waals surface area contributed by atoms with Crippen LogP contribution in [0.3, 0.4) is 0 Å². The van der Waals surface area contributed by atoms with Crippen LogP contribution in [0, 0.1) is 12.7 Å². The molecule has 1 aromatic heterocycles. The van der Waals surface area contributed by atoms with Crippen molar-refractivity contribution in [3.8, 4) is 0 Å². The third kappa shape index (κ3) is 2.35. The number of carbonyl (C=O) groups is 1. The quantitative estimate of drug-likeness (QED) is 0.889. The van der Waals surface area contributed by atoms with Crippen molar-refractivity contribution in [2.75, 3.05) is 38.1 Å². The van der Waals surface area contributed by atoms with Gasteiger partial charge in [0, 0.05) is 37.1 Å². The van der Waals surface area contributed by atoms with E-state index in [0.717, 1.165) is 26.2 Å². The molecule has 2 aromatic rings. The van der Waals surface area contributed by atoms with E-state index >= 15 is 0 Å². The molecule has 21 heavy (non-hydrogen) atoms. The van der Waals surface area contributed by atoms with Crippen LogP contribution in [0.2, 0.25) is 0 Å². The van der Waals surface area contributed by atoms with Crippen LogP contribution in [0.15, 0.2) is 12.1 Å². The molecule has 0 amide bonds. The number of likely N-dealkylation sites (N-methyl/N-ethyl adjacent to an activating group) is 1. The van der Waals surface area contributed by atoms with Gasteiger partial charge in [0.15, 0.2) is 0 Å². The number of aromatic amines is 1. The summed E-state index contributed by atoms with van der Waals surface area (Å²) in [6.45, 7) is 5.01. The number of aryl methyl sites for hydroxylation is 1. The molecule has 0 atom stereocenters. The standard InChI is InChI=1S/C15H18FN3O2/c1-9-10-7-11(16)13(19-5-3-18(2)4-6-19)8-12(10)17-14(9)15(20)21/h7-8,17H,3-6H2,1-2H3,(H,20,21). The number of aromatic carboxylic acids is 1. The average molecular weight is 291 g/mol. The molecule has 1 aromatic carbocycles. The van der Waals surface area contributed by atoms with Crippen molar-refractivity contribution in [2.24, 2.45) is 0 Å². The van der Waals surface area contributed by atoms with E-state index in [1.807, 2.05) is 11.9 Å². The van der Waals surface area contributed by atoms with Gasteiger partial charge in [-0.1, -0.05) is 0 Å². The number of rotatable bonds is 2. The minimum atomic E-state index is -1.02. The number of nitrogens with one attached hydrogen (secondary N) is 1. The van der Waals surface area contributed by atoms with Crippen molar-refractivity contribution in [3.05, 3.63) is 29.2 Å². The topological polar surface area (TPSA) is 59.6 Å². The molecular weight excluding hydrogens is 273 g/mol. The van der Waals surface area contributed by atoms with Gasteiger partial charge in [0.2, 0.25) is 0 Å². The molecule has 0 radical (unpaired) electrons. The first-order chi connectivity index (χ1) is 9.97. The van der Waals surface area contributed by atoms with E-state index in [4.69, 9.17) is 5.11 Å². The van der Waals surface area contributed by atoms with Crippen molar-refractivity contribution in [1.29, 1.82) is 0 Å². The number of aromatic nitrogens is 1. The van der Waals surface area contributed by atoms with Crippen LogP contribution >= 0.6 is 0 Å². The molecule has 0 spiro atoms. The van der Waals surface area contributed by atoms with Crippen LogP contribution < -0.4 is 4.90 Å². The predicted molar refractivity (Wildman–Crippen MR) is 79.7 cm³/mol. The van der Waals surface area contributed by atoms with Gasteiger partial charge in [-0.05, 0) is 31.7 Å². The summed E-state index contributed by atoms with van der Waals surface area (Å²) in [7, 11) is 2.05. The number of halogens is 1. The number of piperazine rings is 1. The Morgan fingerprint density at radius 2 is 1.95 bits per heavy atom. The highest BCUT2D eigenvalue weighted by Gasteiger charge is 2.20. The molecule has 6 heteroatoms. The first-order valence-corrected chi connectivity index (χ1v) is 6.96. The Balaban J connectivity index is 2.04. The SMILES string of the molecule is Cc1c(C(=O)O)[nH]c2cc(N3CCN(C)CC3)c(F)cc12. The fourth-order valence-corrected chi connectivity index (χ4v) is 2.84. The molecule has 1 fully saturated rings. The lowest BCUT2D eigenvalue weighted by Crippen LogP contribution is -2.44. The van der Waals surface area contributed by atoms with Gasteiger partial charge in [0.05, 0.1) is 5.69 Å². The van der Waals surface area contributed by atoms with E-state index < -0.39 is 5.97 Å². The Bertz CT molecular complexity index is 702. The molecule has 1 saturated heterocycles. The number of H-pyrrole nitrogens is 1. The molecule has 5 nitrogen and oxygen atoms in total. The minimum absolute atomic E-state index is 0.125. The number of hydrogen-bond acceptors (Lipinski definition) is 3. The lowest BCUT2D eigenvalue weighted by atomic mass is 10.1. The third-order valence-electron chi connectivity index (χ3n) is 4.18. The molecule has 3 rings (SSSR count). The first kappa shape index (κ1) is 13.9. The van der Waals surface area contributed by atoms with E-state index in [0.29, 0.717) is 22.2 Å². The summed E-state index contributed by atoms with van der Waals surface area (Å²) in [5, 5.41) is 9.77. The van der Waals surface area contributed by atoms with Crippen molar-refractivity contribution in [3.63, 3.8) is 0 Å². The largest absolute Gasteiger partial charge is 0.477 e. The van der Waals surface area contributed by atoms with Crippen molar-refractivity contribution < 1.29 is 14.3 Å². The molecular formula is C15H18FN3O2. The second-order valence-corrected chi connectivity index (χ2v) is 5.57. The van der Waals surface area contributed by atoms with Crippen LogP contribution in [0.1, 0.15) is 16.1 Å². The number of nitrogens with zero attached hydrogens (tertiary/aromatic N) is 2. The number of carboxylic acid groups (broad SMARTS) is 1. The van der Waals surface area contributed by atoms with Crippen molar-refractivity contribution >= 4 is 22.6 Å². The van der Waals surface area contributed by atoms with E-state index in [-0.39, 0.29) is 11.5 Å². The van der Waals surface area contributed by atoms with Crippen LogP contribution in [0.25, 0.3) is 10.9 Å². The molecule has 2 N–H and O–H groups in total.